The molecule has 0 fully saturated rings. The van der Waals surface area contributed by atoms with Gasteiger partial charge in [0, 0.05) is 26.3 Å². The third-order valence-electron chi connectivity index (χ3n) is 3.08. The van der Waals surface area contributed by atoms with Crippen LogP contribution >= 0.6 is 0 Å². The molecule has 6 heteroatoms. The summed E-state index contributed by atoms with van der Waals surface area (Å²) in [6.45, 7) is 7.70. The first-order valence-electron chi connectivity index (χ1n) is 7.13. The minimum atomic E-state index is -4.14. The van der Waals surface area contributed by atoms with E-state index < -0.39 is 12.6 Å². The summed E-state index contributed by atoms with van der Waals surface area (Å²) >= 11 is 0. The van der Waals surface area contributed by atoms with Gasteiger partial charge in [-0.1, -0.05) is 13.8 Å². The van der Waals surface area contributed by atoms with Crippen LogP contribution in [0.15, 0.2) is 12.3 Å². The molecule has 0 atom stereocenters. The summed E-state index contributed by atoms with van der Waals surface area (Å²) in [5.74, 6) is 1.18. The van der Waals surface area contributed by atoms with Crippen LogP contribution in [-0.4, -0.2) is 31.3 Å². The van der Waals surface area contributed by atoms with E-state index in [9.17, 15) is 13.2 Å². The fraction of sp³-hybridized carbons (Fsp3) is 0.667. The molecular weight excluding hydrogens is 279 g/mol. The average molecular weight is 303 g/mol. The number of nitrogens with zero attached hydrogens (tertiary/aromatic N) is 2. The predicted molar refractivity (Wildman–Crippen MR) is 79.5 cm³/mol. The van der Waals surface area contributed by atoms with Crippen LogP contribution in [0, 0.1) is 12.8 Å². The SMILES string of the molecule is Cc1cc(CNCC(C)C)cnc1N(C)CCC(F)(F)F. The second-order valence-corrected chi connectivity index (χ2v) is 5.80. The van der Waals surface area contributed by atoms with Gasteiger partial charge in [0.1, 0.15) is 5.82 Å². The largest absolute Gasteiger partial charge is 0.390 e. The monoisotopic (exact) mass is 303 g/mol. The van der Waals surface area contributed by atoms with Crippen molar-refractivity contribution in [2.75, 3.05) is 25.0 Å². The molecule has 120 valence electrons. The van der Waals surface area contributed by atoms with Crippen molar-refractivity contribution in [3.05, 3.63) is 23.4 Å². The number of rotatable bonds is 7. The fourth-order valence-electron chi connectivity index (χ4n) is 2.03. The van der Waals surface area contributed by atoms with Crippen molar-refractivity contribution in [1.29, 1.82) is 0 Å². The van der Waals surface area contributed by atoms with Crippen LogP contribution in [0.3, 0.4) is 0 Å². The third-order valence-corrected chi connectivity index (χ3v) is 3.08. The second-order valence-electron chi connectivity index (χ2n) is 5.80. The summed E-state index contributed by atoms with van der Waals surface area (Å²) < 4.78 is 36.7. The molecule has 0 aliphatic heterocycles. The van der Waals surface area contributed by atoms with Gasteiger partial charge >= 0.3 is 6.18 Å². The minimum absolute atomic E-state index is 0.0811. The van der Waals surface area contributed by atoms with E-state index >= 15 is 0 Å². The first-order valence-corrected chi connectivity index (χ1v) is 7.13. The molecule has 0 bridgehead atoms. The average Bonchev–Trinajstić information content (AvgIpc) is 2.35. The first kappa shape index (κ1) is 17.8. The van der Waals surface area contributed by atoms with Crippen molar-refractivity contribution < 1.29 is 13.2 Å². The molecule has 0 aliphatic carbocycles. The lowest BCUT2D eigenvalue weighted by atomic mass is 10.1. The first-order chi connectivity index (χ1) is 9.69. The molecule has 1 aromatic rings. The van der Waals surface area contributed by atoms with Crippen LogP contribution in [0.1, 0.15) is 31.4 Å². The molecular formula is C15H24F3N3. The Morgan fingerprint density at radius 1 is 1.33 bits per heavy atom. The van der Waals surface area contributed by atoms with Crippen molar-refractivity contribution in [2.24, 2.45) is 5.92 Å². The maximum atomic E-state index is 12.2. The number of halogens is 3. The number of alkyl halides is 3. The smallest absolute Gasteiger partial charge is 0.359 e. The Morgan fingerprint density at radius 2 is 2.00 bits per heavy atom. The Balaban J connectivity index is 2.60. The second kappa shape index (κ2) is 7.64. The Hall–Kier alpha value is -1.30. The van der Waals surface area contributed by atoms with E-state index in [-0.39, 0.29) is 6.54 Å². The standard InChI is InChI=1S/C15H24F3N3/c1-11(2)8-19-9-13-7-12(3)14(20-10-13)21(4)6-5-15(16,17)18/h7,10-11,19H,5-6,8-9H2,1-4H3. The van der Waals surface area contributed by atoms with Crippen LogP contribution in [0.5, 0.6) is 0 Å². The Kier molecular flexibility index (Phi) is 6.45. The fourth-order valence-corrected chi connectivity index (χ4v) is 2.03. The zero-order valence-corrected chi connectivity index (χ0v) is 13.1. The Labute approximate surface area is 124 Å². The van der Waals surface area contributed by atoms with E-state index in [1.807, 2.05) is 13.0 Å². The molecule has 0 unspecified atom stereocenters. The number of hydrogen-bond donors (Lipinski definition) is 1. The zero-order chi connectivity index (χ0) is 16.0. The van der Waals surface area contributed by atoms with Crippen molar-refractivity contribution in [3.8, 4) is 0 Å². The third kappa shape index (κ3) is 6.80. The van der Waals surface area contributed by atoms with Gasteiger partial charge in [-0.2, -0.15) is 13.2 Å². The van der Waals surface area contributed by atoms with E-state index in [4.69, 9.17) is 0 Å². The Morgan fingerprint density at radius 3 is 2.52 bits per heavy atom. The number of pyridine rings is 1. The topological polar surface area (TPSA) is 28.2 Å². The van der Waals surface area contributed by atoms with Crippen LogP contribution < -0.4 is 10.2 Å². The minimum Gasteiger partial charge on any atom is -0.359 e. The molecule has 0 spiro atoms. The summed E-state index contributed by atoms with van der Waals surface area (Å²) in [6.07, 6.45) is -3.25. The number of nitrogens with one attached hydrogen (secondary N) is 1. The van der Waals surface area contributed by atoms with Gasteiger partial charge < -0.3 is 10.2 Å². The van der Waals surface area contributed by atoms with Gasteiger partial charge in [0.25, 0.3) is 0 Å². The van der Waals surface area contributed by atoms with Crippen molar-refractivity contribution in [2.45, 2.75) is 39.9 Å². The van der Waals surface area contributed by atoms with E-state index in [0.717, 1.165) is 24.2 Å². The van der Waals surface area contributed by atoms with E-state index in [0.29, 0.717) is 11.7 Å². The summed E-state index contributed by atoms with van der Waals surface area (Å²) in [5, 5.41) is 3.32. The van der Waals surface area contributed by atoms with Gasteiger partial charge in [0.2, 0.25) is 0 Å². The van der Waals surface area contributed by atoms with E-state index in [2.05, 4.69) is 24.1 Å². The predicted octanol–water partition coefficient (Wildman–Crippen LogP) is 3.52. The number of hydrogen-bond acceptors (Lipinski definition) is 3. The molecule has 0 amide bonds. The quantitative estimate of drug-likeness (QED) is 0.835. The highest BCUT2D eigenvalue weighted by Gasteiger charge is 2.27. The van der Waals surface area contributed by atoms with Gasteiger partial charge in [-0.25, -0.2) is 4.98 Å². The molecule has 0 saturated heterocycles. The lowest BCUT2D eigenvalue weighted by Crippen LogP contribution is -2.25. The number of anilines is 1. The van der Waals surface area contributed by atoms with E-state index in [1.165, 1.54) is 0 Å². The van der Waals surface area contributed by atoms with Gasteiger partial charge in [0.15, 0.2) is 0 Å². The molecule has 1 aromatic heterocycles. The lowest BCUT2D eigenvalue weighted by molar-refractivity contribution is -0.132. The van der Waals surface area contributed by atoms with Crippen LogP contribution in [0.25, 0.3) is 0 Å². The van der Waals surface area contributed by atoms with Crippen LogP contribution in [0.4, 0.5) is 19.0 Å². The molecule has 1 N–H and O–H groups in total. The van der Waals surface area contributed by atoms with Crippen molar-refractivity contribution in [1.82, 2.24) is 10.3 Å². The van der Waals surface area contributed by atoms with Crippen molar-refractivity contribution >= 4 is 5.82 Å². The van der Waals surface area contributed by atoms with Gasteiger partial charge in [0.05, 0.1) is 6.42 Å². The molecule has 0 aromatic carbocycles. The molecule has 21 heavy (non-hydrogen) atoms. The van der Waals surface area contributed by atoms with Crippen LogP contribution in [0.2, 0.25) is 0 Å². The highest BCUT2D eigenvalue weighted by Crippen LogP contribution is 2.22. The zero-order valence-electron chi connectivity index (χ0n) is 13.1. The summed E-state index contributed by atoms with van der Waals surface area (Å²) in [6, 6.07) is 1.97. The van der Waals surface area contributed by atoms with Gasteiger partial charge in [-0.05, 0) is 36.6 Å². The molecule has 0 aliphatic rings. The van der Waals surface area contributed by atoms with Crippen LogP contribution in [-0.2, 0) is 6.54 Å². The number of aromatic nitrogens is 1. The maximum Gasteiger partial charge on any atom is 0.390 e. The highest BCUT2D eigenvalue weighted by molar-refractivity contribution is 5.46. The summed E-state index contributed by atoms with van der Waals surface area (Å²) in [7, 11) is 1.64. The highest BCUT2D eigenvalue weighted by atomic mass is 19.4. The molecule has 0 radical (unpaired) electrons. The normalized spacial score (nSPS) is 12.0. The molecule has 3 nitrogen and oxygen atoms in total. The maximum absolute atomic E-state index is 12.2. The van der Waals surface area contributed by atoms with Crippen molar-refractivity contribution in [3.63, 3.8) is 0 Å². The Bertz CT molecular complexity index is 444. The molecule has 1 rings (SSSR count). The number of aryl methyl sites for hydroxylation is 1. The van der Waals surface area contributed by atoms with Gasteiger partial charge in [-0.15, -0.1) is 0 Å². The molecule has 1 heterocycles. The molecule has 0 saturated carbocycles. The summed E-state index contributed by atoms with van der Waals surface area (Å²) in [5.41, 5.74) is 1.93. The van der Waals surface area contributed by atoms with E-state index in [1.54, 1.807) is 18.1 Å². The summed E-state index contributed by atoms with van der Waals surface area (Å²) in [4.78, 5) is 5.84. The lowest BCUT2D eigenvalue weighted by Gasteiger charge is -2.21. The van der Waals surface area contributed by atoms with Gasteiger partial charge in [-0.3, -0.25) is 0 Å².